The highest BCUT2D eigenvalue weighted by molar-refractivity contribution is 5.92. The molecule has 1 saturated heterocycles. The first-order chi connectivity index (χ1) is 12.0. The predicted molar refractivity (Wildman–Crippen MR) is 100 cm³/mol. The summed E-state index contributed by atoms with van der Waals surface area (Å²) in [5, 5.41) is 7.39. The molecule has 2 heterocycles. The fourth-order valence-corrected chi connectivity index (χ4v) is 3.52. The Hall–Kier alpha value is -2.34. The van der Waals surface area contributed by atoms with Crippen LogP contribution in [0.2, 0.25) is 0 Å². The van der Waals surface area contributed by atoms with Crippen LogP contribution in [0, 0.1) is 20.8 Å². The van der Waals surface area contributed by atoms with E-state index in [-0.39, 0.29) is 5.91 Å². The van der Waals surface area contributed by atoms with E-state index in [1.165, 1.54) is 16.2 Å². The molecule has 0 atom stereocenters. The zero-order chi connectivity index (χ0) is 18.0. The van der Waals surface area contributed by atoms with Gasteiger partial charge in [0.15, 0.2) is 6.54 Å². The molecule has 1 aliphatic rings. The van der Waals surface area contributed by atoms with Crippen molar-refractivity contribution in [3.05, 3.63) is 41.2 Å². The Morgan fingerprint density at radius 3 is 2.48 bits per heavy atom. The molecule has 0 bridgehead atoms. The fraction of sp³-hybridized carbons (Fsp3) is 0.474. The molecule has 1 aliphatic heterocycles. The number of anilines is 2. The molecule has 3 rings (SSSR count). The number of piperazine rings is 1. The summed E-state index contributed by atoms with van der Waals surface area (Å²) < 4.78 is 1.80. The second kappa shape index (κ2) is 7.27. The van der Waals surface area contributed by atoms with Gasteiger partial charge in [0, 0.05) is 12.7 Å². The summed E-state index contributed by atoms with van der Waals surface area (Å²) in [6, 6.07) is 8.50. The van der Waals surface area contributed by atoms with Gasteiger partial charge >= 0.3 is 0 Å². The molecule has 0 aliphatic carbocycles. The molecule has 134 valence electrons. The first kappa shape index (κ1) is 17.5. The molecular formula is C19H28N5O+. The first-order valence-electron chi connectivity index (χ1n) is 8.90. The van der Waals surface area contributed by atoms with Gasteiger partial charge in [-0.2, -0.15) is 5.10 Å². The number of quaternary nitrogens is 1. The van der Waals surface area contributed by atoms with Crippen molar-refractivity contribution in [3.63, 3.8) is 0 Å². The maximum atomic E-state index is 12.4. The third-order valence-electron chi connectivity index (χ3n) is 5.11. The van der Waals surface area contributed by atoms with Gasteiger partial charge in [0.2, 0.25) is 0 Å². The van der Waals surface area contributed by atoms with E-state index in [2.05, 4.69) is 46.5 Å². The Bertz CT molecular complexity index is 759. The number of benzene rings is 1. The quantitative estimate of drug-likeness (QED) is 0.860. The van der Waals surface area contributed by atoms with E-state index < -0.39 is 0 Å². The summed E-state index contributed by atoms with van der Waals surface area (Å²) in [6.07, 6.45) is 0. The van der Waals surface area contributed by atoms with Crippen LogP contribution in [0.25, 0.3) is 0 Å². The van der Waals surface area contributed by atoms with Gasteiger partial charge in [0.05, 0.1) is 43.3 Å². The molecule has 0 unspecified atom stereocenters. The molecule has 2 N–H and O–H groups in total. The van der Waals surface area contributed by atoms with Crippen LogP contribution in [0.15, 0.2) is 24.3 Å². The van der Waals surface area contributed by atoms with Crippen molar-refractivity contribution in [1.82, 2.24) is 9.78 Å². The molecule has 0 saturated carbocycles. The number of aromatic nitrogens is 2. The molecule has 2 aromatic rings. The third kappa shape index (κ3) is 3.85. The van der Waals surface area contributed by atoms with Crippen molar-refractivity contribution < 1.29 is 9.69 Å². The molecule has 1 aromatic carbocycles. The number of para-hydroxylation sites is 1. The van der Waals surface area contributed by atoms with E-state index in [0.29, 0.717) is 6.54 Å². The number of nitrogens with one attached hydrogen (secondary N) is 2. The van der Waals surface area contributed by atoms with Gasteiger partial charge in [-0.15, -0.1) is 0 Å². The van der Waals surface area contributed by atoms with E-state index in [1.54, 1.807) is 4.68 Å². The third-order valence-corrected chi connectivity index (χ3v) is 5.11. The average Bonchev–Trinajstić information content (AvgIpc) is 2.82. The van der Waals surface area contributed by atoms with Crippen LogP contribution in [-0.4, -0.2) is 48.4 Å². The molecule has 6 heteroatoms. The Kier molecular flexibility index (Phi) is 5.08. The highest BCUT2D eigenvalue weighted by Gasteiger charge is 2.23. The smallest absolute Gasteiger partial charge is 0.279 e. The number of amides is 1. The highest BCUT2D eigenvalue weighted by atomic mass is 16.2. The van der Waals surface area contributed by atoms with Crippen molar-refractivity contribution >= 4 is 17.3 Å². The minimum absolute atomic E-state index is 0.0681. The number of carbonyl (C=O) groups is 1. The zero-order valence-corrected chi connectivity index (χ0v) is 15.6. The first-order valence-corrected chi connectivity index (χ1v) is 8.90. The Balaban J connectivity index is 1.54. The Morgan fingerprint density at radius 1 is 1.20 bits per heavy atom. The standard InChI is InChI=1S/C19H27N5O/c1-14-7-5-6-8-17(14)24-11-9-23(10-12-24)13-18(25)20-19-15(2)21-22(4)16(19)3/h5-8H,9-13H2,1-4H3,(H,20,25)/p+1. The number of hydrogen-bond acceptors (Lipinski definition) is 3. The SMILES string of the molecule is Cc1ccccc1N1CC[NH+](CC(=O)Nc2c(C)nn(C)c2C)CC1. The Morgan fingerprint density at radius 2 is 1.88 bits per heavy atom. The summed E-state index contributed by atoms with van der Waals surface area (Å²) >= 11 is 0. The molecule has 1 aromatic heterocycles. The van der Waals surface area contributed by atoms with Gasteiger partial charge in [0.1, 0.15) is 0 Å². The average molecular weight is 342 g/mol. The number of rotatable bonds is 4. The maximum Gasteiger partial charge on any atom is 0.279 e. The minimum Gasteiger partial charge on any atom is -0.360 e. The molecule has 25 heavy (non-hydrogen) atoms. The zero-order valence-electron chi connectivity index (χ0n) is 15.6. The van der Waals surface area contributed by atoms with E-state index in [0.717, 1.165) is 43.3 Å². The van der Waals surface area contributed by atoms with Crippen molar-refractivity contribution in [2.45, 2.75) is 20.8 Å². The van der Waals surface area contributed by atoms with Gasteiger partial charge in [0.25, 0.3) is 5.91 Å². The van der Waals surface area contributed by atoms with Crippen LogP contribution in [0.3, 0.4) is 0 Å². The normalized spacial score (nSPS) is 15.4. The second-order valence-electron chi connectivity index (χ2n) is 6.92. The summed E-state index contributed by atoms with van der Waals surface area (Å²) in [5.74, 6) is 0.0681. The van der Waals surface area contributed by atoms with Gasteiger partial charge in [-0.3, -0.25) is 9.48 Å². The van der Waals surface area contributed by atoms with Gasteiger partial charge in [-0.1, -0.05) is 18.2 Å². The molecule has 6 nitrogen and oxygen atoms in total. The Labute approximate surface area is 149 Å². The van der Waals surface area contributed by atoms with E-state index in [9.17, 15) is 4.79 Å². The van der Waals surface area contributed by atoms with Crippen molar-refractivity contribution in [2.24, 2.45) is 7.05 Å². The molecule has 1 amide bonds. The second-order valence-corrected chi connectivity index (χ2v) is 6.92. The van der Waals surface area contributed by atoms with Crippen LogP contribution in [-0.2, 0) is 11.8 Å². The van der Waals surface area contributed by atoms with Crippen molar-refractivity contribution in [1.29, 1.82) is 0 Å². The van der Waals surface area contributed by atoms with E-state index >= 15 is 0 Å². The highest BCUT2D eigenvalue weighted by Crippen LogP contribution is 2.19. The van der Waals surface area contributed by atoms with Crippen LogP contribution in [0.1, 0.15) is 17.0 Å². The minimum atomic E-state index is 0.0681. The van der Waals surface area contributed by atoms with E-state index in [4.69, 9.17) is 0 Å². The van der Waals surface area contributed by atoms with Crippen LogP contribution in [0.4, 0.5) is 11.4 Å². The monoisotopic (exact) mass is 342 g/mol. The lowest BCUT2D eigenvalue weighted by atomic mass is 10.1. The van der Waals surface area contributed by atoms with Crippen molar-refractivity contribution in [2.75, 3.05) is 42.9 Å². The largest absolute Gasteiger partial charge is 0.360 e. The lowest BCUT2D eigenvalue weighted by Gasteiger charge is -2.34. The molecular weight excluding hydrogens is 314 g/mol. The molecule has 0 radical (unpaired) electrons. The maximum absolute atomic E-state index is 12.4. The number of hydrogen-bond donors (Lipinski definition) is 2. The van der Waals surface area contributed by atoms with Crippen LogP contribution >= 0.6 is 0 Å². The van der Waals surface area contributed by atoms with Gasteiger partial charge in [-0.05, 0) is 32.4 Å². The summed E-state index contributed by atoms with van der Waals surface area (Å²) in [7, 11) is 1.90. The van der Waals surface area contributed by atoms with Crippen molar-refractivity contribution in [3.8, 4) is 0 Å². The van der Waals surface area contributed by atoms with Gasteiger partial charge < -0.3 is 15.1 Å². The number of nitrogens with zero attached hydrogens (tertiary/aromatic N) is 3. The summed E-state index contributed by atoms with van der Waals surface area (Å²) in [5.41, 5.74) is 5.34. The topological polar surface area (TPSA) is 54.6 Å². The van der Waals surface area contributed by atoms with Crippen LogP contribution < -0.4 is 15.1 Å². The van der Waals surface area contributed by atoms with Gasteiger partial charge in [-0.25, -0.2) is 0 Å². The lowest BCUT2D eigenvalue weighted by molar-refractivity contribution is -0.892. The summed E-state index contributed by atoms with van der Waals surface area (Å²) in [6.45, 7) is 10.5. The lowest BCUT2D eigenvalue weighted by Crippen LogP contribution is -3.15. The number of carbonyl (C=O) groups excluding carboxylic acids is 1. The molecule has 0 spiro atoms. The fourth-order valence-electron chi connectivity index (χ4n) is 3.52. The van der Waals surface area contributed by atoms with Crippen LogP contribution in [0.5, 0.6) is 0 Å². The van der Waals surface area contributed by atoms with E-state index in [1.807, 2.05) is 20.9 Å². The molecule has 1 fully saturated rings. The summed E-state index contributed by atoms with van der Waals surface area (Å²) in [4.78, 5) is 16.2. The number of aryl methyl sites for hydroxylation is 3. The predicted octanol–water partition coefficient (Wildman–Crippen LogP) is 0.689.